The first-order chi connectivity index (χ1) is 13.6. The molecule has 0 aliphatic heterocycles. The van der Waals surface area contributed by atoms with E-state index in [-0.39, 0.29) is 17.9 Å². The second kappa shape index (κ2) is 9.53. The third kappa shape index (κ3) is 5.56. The molecule has 3 aromatic rings. The summed E-state index contributed by atoms with van der Waals surface area (Å²) >= 11 is 1.32. The van der Waals surface area contributed by atoms with Crippen LogP contribution in [0.25, 0.3) is 0 Å². The van der Waals surface area contributed by atoms with E-state index in [1.807, 2.05) is 48.5 Å². The molecule has 1 heterocycles. The molecule has 28 heavy (non-hydrogen) atoms. The van der Waals surface area contributed by atoms with E-state index in [1.54, 1.807) is 6.07 Å². The van der Waals surface area contributed by atoms with Gasteiger partial charge in [0.05, 0.1) is 23.7 Å². The Morgan fingerprint density at radius 1 is 1.14 bits per heavy atom. The number of rotatable bonds is 7. The topological polar surface area (TPSA) is 98.6 Å². The molecule has 0 saturated heterocycles. The van der Waals surface area contributed by atoms with E-state index in [0.717, 1.165) is 11.1 Å². The maximum atomic E-state index is 12.2. The van der Waals surface area contributed by atoms with E-state index in [0.29, 0.717) is 28.7 Å². The third-order valence-electron chi connectivity index (χ3n) is 3.95. The van der Waals surface area contributed by atoms with Crippen LogP contribution in [0, 0.1) is 11.3 Å². The number of amides is 1. The van der Waals surface area contributed by atoms with Gasteiger partial charge in [-0.25, -0.2) is 4.98 Å². The van der Waals surface area contributed by atoms with Gasteiger partial charge in [-0.1, -0.05) is 60.3 Å². The van der Waals surface area contributed by atoms with Gasteiger partial charge in [0.1, 0.15) is 0 Å². The second-order valence-electron chi connectivity index (χ2n) is 6.04. The minimum absolute atomic E-state index is 0.0269. The van der Waals surface area contributed by atoms with Crippen molar-refractivity contribution >= 4 is 17.7 Å². The minimum atomic E-state index is -0.308. The molecule has 2 N–H and O–H groups in total. The molecule has 0 unspecified atom stereocenters. The molecule has 0 saturated carbocycles. The van der Waals surface area contributed by atoms with Crippen molar-refractivity contribution in [2.75, 3.05) is 0 Å². The van der Waals surface area contributed by atoms with E-state index in [9.17, 15) is 9.59 Å². The highest BCUT2D eigenvalue weighted by Gasteiger charge is 2.09. The number of carbonyl (C=O) groups excluding carboxylic acids is 1. The number of nitriles is 1. The van der Waals surface area contributed by atoms with Crippen LogP contribution in [0.5, 0.6) is 0 Å². The average Bonchev–Trinajstić information content (AvgIpc) is 2.71. The Labute approximate surface area is 166 Å². The molecule has 0 bridgehead atoms. The Kier molecular flexibility index (Phi) is 6.60. The summed E-state index contributed by atoms with van der Waals surface area (Å²) in [4.78, 5) is 31.1. The fourth-order valence-electron chi connectivity index (χ4n) is 2.57. The first-order valence-electron chi connectivity index (χ1n) is 8.66. The van der Waals surface area contributed by atoms with Crippen molar-refractivity contribution in [1.82, 2.24) is 15.3 Å². The largest absolute Gasteiger partial charge is 0.352 e. The van der Waals surface area contributed by atoms with Crippen molar-refractivity contribution in [3.63, 3.8) is 0 Å². The second-order valence-corrected chi connectivity index (χ2v) is 7.00. The first-order valence-corrected chi connectivity index (χ1v) is 9.64. The van der Waals surface area contributed by atoms with Crippen molar-refractivity contribution in [3.05, 3.63) is 93.4 Å². The molecule has 0 spiro atoms. The van der Waals surface area contributed by atoms with Crippen LogP contribution in [-0.4, -0.2) is 15.9 Å². The standard InChI is InChI=1S/C21H18N4O2S/c22-12-16-8-4-5-9-17(16)14-28-21-24-18(11-20(27)25-21)10-19(26)23-13-15-6-2-1-3-7-15/h1-9,11H,10,13-14H2,(H,23,26)(H,24,25,27). The zero-order valence-electron chi connectivity index (χ0n) is 15.0. The summed E-state index contributed by atoms with van der Waals surface area (Å²) in [5.41, 5.74) is 2.56. The zero-order valence-corrected chi connectivity index (χ0v) is 15.8. The Hall–Kier alpha value is -3.37. The number of hydrogen-bond donors (Lipinski definition) is 2. The van der Waals surface area contributed by atoms with Crippen LogP contribution < -0.4 is 10.9 Å². The van der Waals surface area contributed by atoms with Gasteiger partial charge in [-0.15, -0.1) is 0 Å². The summed E-state index contributed by atoms with van der Waals surface area (Å²) in [7, 11) is 0. The molecule has 0 radical (unpaired) electrons. The van der Waals surface area contributed by atoms with Crippen molar-refractivity contribution < 1.29 is 4.79 Å². The van der Waals surface area contributed by atoms with Crippen LogP contribution >= 0.6 is 11.8 Å². The smallest absolute Gasteiger partial charge is 0.251 e. The van der Waals surface area contributed by atoms with Gasteiger partial charge in [-0.05, 0) is 17.2 Å². The third-order valence-corrected chi connectivity index (χ3v) is 4.87. The van der Waals surface area contributed by atoms with E-state index >= 15 is 0 Å². The summed E-state index contributed by atoms with van der Waals surface area (Å²) in [6, 6.07) is 20.4. The normalized spacial score (nSPS) is 10.2. The number of hydrogen-bond acceptors (Lipinski definition) is 5. The highest BCUT2D eigenvalue weighted by molar-refractivity contribution is 7.98. The lowest BCUT2D eigenvalue weighted by atomic mass is 10.1. The monoisotopic (exact) mass is 390 g/mol. The summed E-state index contributed by atoms with van der Waals surface area (Å²) in [6.07, 6.45) is 0.0269. The molecule has 0 atom stereocenters. The van der Waals surface area contributed by atoms with Crippen molar-refractivity contribution in [2.24, 2.45) is 0 Å². The summed E-state index contributed by atoms with van der Waals surface area (Å²) in [5.74, 6) is 0.295. The highest BCUT2D eigenvalue weighted by atomic mass is 32.2. The lowest BCUT2D eigenvalue weighted by Gasteiger charge is -2.07. The van der Waals surface area contributed by atoms with Gasteiger partial charge in [-0.2, -0.15) is 5.26 Å². The molecule has 1 aromatic heterocycles. The molecule has 140 valence electrons. The van der Waals surface area contributed by atoms with Crippen molar-refractivity contribution in [1.29, 1.82) is 5.26 Å². The molecule has 1 amide bonds. The molecular formula is C21H18N4O2S. The van der Waals surface area contributed by atoms with Gasteiger partial charge in [0.25, 0.3) is 5.56 Å². The quantitative estimate of drug-likeness (QED) is 0.477. The van der Waals surface area contributed by atoms with Gasteiger partial charge in [0.2, 0.25) is 5.91 Å². The maximum absolute atomic E-state index is 12.2. The predicted molar refractivity (Wildman–Crippen MR) is 108 cm³/mol. The number of thioether (sulfide) groups is 1. The van der Waals surface area contributed by atoms with Gasteiger partial charge in [-0.3, -0.25) is 9.59 Å². The summed E-state index contributed by atoms with van der Waals surface area (Å²) in [6.45, 7) is 0.426. The van der Waals surface area contributed by atoms with Crippen LogP contribution in [0.2, 0.25) is 0 Å². The lowest BCUT2D eigenvalue weighted by Crippen LogP contribution is -2.25. The van der Waals surface area contributed by atoms with Crippen LogP contribution in [0.15, 0.2) is 70.6 Å². The molecule has 2 aromatic carbocycles. The zero-order chi connectivity index (χ0) is 19.8. The average molecular weight is 390 g/mol. The summed E-state index contributed by atoms with van der Waals surface area (Å²) in [5, 5.41) is 12.4. The Morgan fingerprint density at radius 2 is 1.89 bits per heavy atom. The maximum Gasteiger partial charge on any atom is 0.251 e. The van der Waals surface area contributed by atoms with Crippen molar-refractivity contribution in [3.8, 4) is 6.07 Å². The van der Waals surface area contributed by atoms with Crippen LogP contribution in [0.3, 0.4) is 0 Å². The van der Waals surface area contributed by atoms with Gasteiger partial charge >= 0.3 is 0 Å². The highest BCUT2D eigenvalue weighted by Crippen LogP contribution is 2.20. The number of carbonyl (C=O) groups is 1. The molecular weight excluding hydrogens is 372 g/mol. The number of H-pyrrole nitrogens is 1. The van der Waals surface area contributed by atoms with Gasteiger partial charge in [0.15, 0.2) is 5.16 Å². The summed E-state index contributed by atoms with van der Waals surface area (Å²) < 4.78 is 0. The molecule has 7 heteroatoms. The van der Waals surface area contributed by atoms with E-state index in [1.165, 1.54) is 17.8 Å². The van der Waals surface area contributed by atoms with Gasteiger partial charge < -0.3 is 10.3 Å². The molecule has 0 aliphatic rings. The fourth-order valence-corrected chi connectivity index (χ4v) is 3.47. The molecule has 0 fully saturated rings. The molecule has 0 aliphatic carbocycles. The van der Waals surface area contributed by atoms with E-state index in [2.05, 4.69) is 21.4 Å². The van der Waals surface area contributed by atoms with E-state index in [4.69, 9.17) is 5.26 Å². The number of aromatic nitrogens is 2. The van der Waals surface area contributed by atoms with E-state index < -0.39 is 0 Å². The molecule has 3 rings (SSSR count). The van der Waals surface area contributed by atoms with Crippen LogP contribution in [-0.2, 0) is 23.5 Å². The number of aromatic amines is 1. The predicted octanol–water partition coefficient (Wildman–Crippen LogP) is 2.79. The van der Waals surface area contributed by atoms with Gasteiger partial charge in [0, 0.05) is 18.4 Å². The number of nitrogens with zero attached hydrogens (tertiary/aromatic N) is 2. The lowest BCUT2D eigenvalue weighted by molar-refractivity contribution is -0.120. The number of benzene rings is 2. The SMILES string of the molecule is N#Cc1ccccc1CSc1nc(CC(=O)NCc2ccccc2)cc(=O)[nH]1. The van der Waals surface area contributed by atoms with Crippen LogP contribution in [0.1, 0.15) is 22.4 Å². The number of nitrogens with one attached hydrogen (secondary N) is 2. The first kappa shape index (κ1) is 19.4. The Bertz CT molecular complexity index is 1060. The Balaban J connectivity index is 1.62. The van der Waals surface area contributed by atoms with Crippen molar-refractivity contribution in [2.45, 2.75) is 23.9 Å². The van der Waals surface area contributed by atoms with Crippen LogP contribution in [0.4, 0.5) is 0 Å². The minimum Gasteiger partial charge on any atom is -0.352 e. The Morgan fingerprint density at radius 3 is 2.68 bits per heavy atom. The fraction of sp³-hybridized carbons (Fsp3) is 0.143. The molecule has 6 nitrogen and oxygen atoms in total.